The Hall–Kier alpha value is -3.03. The van der Waals surface area contributed by atoms with Crippen LogP contribution in [0, 0.1) is 13.8 Å². The molecule has 0 aliphatic heterocycles. The number of aryl methyl sites for hydroxylation is 1. The Morgan fingerprint density at radius 2 is 1.77 bits per heavy atom. The van der Waals surface area contributed by atoms with E-state index in [1.54, 1.807) is 36.7 Å². The molecule has 9 heteroatoms. The van der Waals surface area contributed by atoms with Gasteiger partial charge in [-0.1, -0.05) is 41.4 Å². The second-order valence-corrected chi connectivity index (χ2v) is 7.39. The molecule has 0 aliphatic rings. The summed E-state index contributed by atoms with van der Waals surface area (Å²) in [6, 6.07) is 12.1. The van der Waals surface area contributed by atoms with E-state index >= 15 is 0 Å². The van der Waals surface area contributed by atoms with Crippen molar-refractivity contribution in [2.24, 2.45) is 0 Å². The van der Waals surface area contributed by atoms with E-state index in [0.717, 1.165) is 5.56 Å². The van der Waals surface area contributed by atoms with Gasteiger partial charge in [-0.25, -0.2) is 0 Å². The molecule has 2 amide bonds. The van der Waals surface area contributed by atoms with Gasteiger partial charge in [0.05, 0.1) is 30.5 Å². The van der Waals surface area contributed by atoms with E-state index in [1.165, 1.54) is 13.2 Å². The maximum Gasteiger partial charge on any atom is 0.273 e. The Balaban J connectivity index is 1.75. The minimum absolute atomic E-state index is 0.202. The molecule has 0 spiro atoms. The van der Waals surface area contributed by atoms with Crippen molar-refractivity contribution in [3.05, 3.63) is 80.6 Å². The van der Waals surface area contributed by atoms with Gasteiger partial charge in [0.25, 0.3) is 11.8 Å². The summed E-state index contributed by atoms with van der Waals surface area (Å²) < 4.78 is 6.87. The van der Waals surface area contributed by atoms with Crippen LogP contribution in [0.25, 0.3) is 0 Å². The largest absolute Gasteiger partial charge is 0.496 e. The number of nitrogens with zero attached hydrogens (tertiary/aromatic N) is 2. The van der Waals surface area contributed by atoms with Gasteiger partial charge in [-0.05, 0) is 43.7 Å². The second kappa shape index (κ2) is 9.19. The van der Waals surface area contributed by atoms with Crippen LogP contribution < -0.4 is 15.6 Å². The fourth-order valence-electron chi connectivity index (χ4n) is 3.07. The van der Waals surface area contributed by atoms with Gasteiger partial charge in [-0.3, -0.25) is 25.1 Å². The zero-order valence-electron chi connectivity index (χ0n) is 16.6. The van der Waals surface area contributed by atoms with Crippen LogP contribution in [0.1, 0.15) is 37.7 Å². The highest BCUT2D eigenvalue weighted by atomic mass is 35.5. The summed E-state index contributed by atoms with van der Waals surface area (Å²) in [5.74, 6) is -0.697. The lowest BCUT2D eigenvalue weighted by molar-refractivity contribution is 0.0844. The molecule has 3 rings (SSSR count). The number of amides is 2. The van der Waals surface area contributed by atoms with E-state index in [1.807, 2.05) is 18.2 Å². The summed E-state index contributed by atoms with van der Waals surface area (Å²) >= 11 is 12.2. The molecule has 1 aromatic heterocycles. The van der Waals surface area contributed by atoms with Gasteiger partial charge < -0.3 is 4.74 Å². The molecule has 0 saturated heterocycles. The number of benzene rings is 2. The monoisotopic (exact) mass is 446 g/mol. The standard InChI is InChI=1S/C21H20Cl2N4O3/c1-12-19(13(2)27(26-12)11-14-6-4-5-7-17(14)23)21(29)25-24-20(28)16-10-15(22)8-9-18(16)30-3/h4-10H,11H2,1-3H3,(H,24,28)(H,25,29). The molecule has 0 radical (unpaired) electrons. The van der Waals surface area contributed by atoms with E-state index in [4.69, 9.17) is 27.9 Å². The van der Waals surface area contributed by atoms with Crippen LogP contribution in [0.2, 0.25) is 10.0 Å². The summed E-state index contributed by atoms with van der Waals surface area (Å²) in [7, 11) is 1.44. The zero-order valence-corrected chi connectivity index (χ0v) is 18.1. The highest BCUT2D eigenvalue weighted by molar-refractivity contribution is 6.31. The highest BCUT2D eigenvalue weighted by Gasteiger charge is 2.20. The van der Waals surface area contributed by atoms with E-state index < -0.39 is 11.8 Å². The van der Waals surface area contributed by atoms with E-state index in [-0.39, 0.29) is 5.56 Å². The van der Waals surface area contributed by atoms with Crippen LogP contribution in [-0.2, 0) is 6.54 Å². The zero-order chi connectivity index (χ0) is 21.8. The summed E-state index contributed by atoms with van der Waals surface area (Å²) in [5.41, 5.74) is 7.46. The predicted octanol–water partition coefficient (Wildman–Crippen LogP) is 3.94. The van der Waals surface area contributed by atoms with Crippen molar-refractivity contribution in [1.29, 1.82) is 0 Å². The Morgan fingerprint density at radius 1 is 1.07 bits per heavy atom. The number of methoxy groups -OCH3 is 1. The minimum Gasteiger partial charge on any atom is -0.496 e. The molecule has 0 bridgehead atoms. The van der Waals surface area contributed by atoms with Crippen LogP contribution in [0.15, 0.2) is 42.5 Å². The maximum atomic E-state index is 12.7. The number of rotatable bonds is 5. The van der Waals surface area contributed by atoms with Crippen molar-refractivity contribution in [2.75, 3.05) is 7.11 Å². The van der Waals surface area contributed by atoms with E-state index in [2.05, 4.69) is 16.0 Å². The number of nitrogens with one attached hydrogen (secondary N) is 2. The fraction of sp³-hybridized carbons (Fsp3) is 0.190. The average Bonchev–Trinajstić information content (AvgIpc) is 3.00. The normalized spacial score (nSPS) is 10.6. The molecule has 0 unspecified atom stereocenters. The highest BCUT2D eigenvalue weighted by Crippen LogP contribution is 2.22. The molecular formula is C21H20Cl2N4O3. The van der Waals surface area contributed by atoms with Crippen molar-refractivity contribution < 1.29 is 14.3 Å². The lowest BCUT2D eigenvalue weighted by Gasteiger charge is -2.11. The smallest absolute Gasteiger partial charge is 0.273 e. The van der Waals surface area contributed by atoms with Gasteiger partial charge in [0.2, 0.25) is 0 Å². The first-order chi connectivity index (χ1) is 14.3. The Bertz CT molecular complexity index is 1110. The molecule has 1 heterocycles. The van der Waals surface area contributed by atoms with E-state index in [0.29, 0.717) is 39.3 Å². The van der Waals surface area contributed by atoms with Crippen molar-refractivity contribution >= 4 is 35.0 Å². The third-order valence-corrected chi connectivity index (χ3v) is 5.19. The van der Waals surface area contributed by atoms with Crippen LogP contribution in [-0.4, -0.2) is 28.7 Å². The predicted molar refractivity (Wildman–Crippen MR) is 115 cm³/mol. The quantitative estimate of drug-likeness (QED) is 0.581. The Morgan fingerprint density at radius 3 is 2.47 bits per heavy atom. The maximum absolute atomic E-state index is 12.7. The van der Waals surface area contributed by atoms with Gasteiger partial charge >= 0.3 is 0 Å². The summed E-state index contributed by atoms with van der Waals surface area (Å²) in [4.78, 5) is 25.2. The van der Waals surface area contributed by atoms with Crippen LogP contribution >= 0.6 is 23.2 Å². The molecule has 0 aliphatic carbocycles. The number of hydrazine groups is 1. The molecule has 7 nitrogen and oxygen atoms in total. The van der Waals surface area contributed by atoms with Crippen LogP contribution in [0.4, 0.5) is 0 Å². The first kappa shape index (κ1) is 21.7. The molecule has 0 saturated carbocycles. The van der Waals surface area contributed by atoms with Gasteiger partial charge in [0, 0.05) is 15.7 Å². The van der Waals surface area contributed by atoms with Crippen molar-refractivity contribution in [1.82, 2.24) is 20.6 Å². The van der Waals surface area contributed by atoms with Crippen molar-refractivity contribution in [3.8, 4) is 5.75 Å². The number of halogens is 2. The van der Waals surface area contributed by atoms with E-state index in [9.17, 15) is 9.59 Å². The molecule has 2 N–H and O–H groups in total. The Labute approximate surface area is 183 Å². The molecular weight excluding hydrogens is 427 g/mol. The van der Waals surface area contributed by atoms with Gasteiger partial charge in [-0.2, -0.15) is 5.10 Å². The number of carbonyl (C=O) groups excluding carboxylic acids is 2. The molecule has 0 fully saturated rings. The first-order valence-corrected chi connectivity index (χ1v) is 9.79. The number of aromatic nitrogens is 2. The SMILES string of the molecule is COc1ccc(Cl)cc1C(=O)NNC(=O)c1c(C)nn(Cc2ccccc2Cl)c1C. The summed E-state index contributed by atoms with van der Waals surface area (Å²) in [6.07, 6.45) is 0. The topological polar surface area (TPSA) is 85.2 Å². The summed E-state index contributed by atoms with van der Waals surface area (Å²) in [5, 5.41) is 5.44. The fourth-order valence-corrected chi connectivity index (χ4v) is 3.44. The van der Waals surface area contributed by atoms with Gasteiger partial charge in [0.1, 0.15) is 5.75 Å². The molecule has 30 heavy (non-hydrogen) atoms. The molecule has 156 valence electrons. The first-order valence-electron chi connectivity index (χ1n) is 9.03. The lowest BCUT2D eigenvalue weighted by Crippen LogP contribution is -2.42. The number of carbonyl (C=O) groups is 2. The molecule has 2 aromatic carbocycles. The molecule has 3 aromatic rings. The van der Waals surface area contributed by atoms with Crippen molar-refractivity contribution in [3.63, 3.8) is 0 Å². The lowest BCUT2D eigenvalue weighted by atomic mass is 10.1. The van der Waals surface area contributed by atoms with Crippen molar-refractivity contribution in [2.45, 2.75) is 20.4 Å². The third-order valence-electron chi connectivity index (χ3n) is 4.58. The number of hydrogen-bond acceptors (Lipinski definition) is 4. The molecule has 0 atom stereocenters. The van der Waals surface area contributed by atoms with Crippen LogP contribution in [0.5, 0.6) is 5.75 Å². The third kappa shape index (κ3) is 4.58. The van der Waals surface area contributed by atoms with Gasteiger partial charge in [-0.15, -0.1) is 0 Å². The van der Waals surface area contributed by atoms with Gasteiger partial charge in [0.15, 0.2) is 0 Å². The van der Waals surface area contributed by atoms with Crippen LogP contribution in [0.3, 0.4) is 0 Å². The minimum atomic E-state index is -0.554. The second-order valence-electron chi connectivity index (χ2n) is 6.55. The number of ether oxygens (including phenoxy) is 1. The number of hydrogen-bond donors (Lipinski definition) is 2. The summed E-state index contributed by atoms with van der Waals surface area (Å²) in [6.45, 7) is 3.94. The average molecular weight is 447 g/mol. The Kier molecular flexibility index (Phi) is 6.64.